The van der Waals surface area contributed by atoms with Crippen LogP contribution in [0.25, 0.3) is 11.5 Å². The molecule has 4 nitrogen and oxygen atoms in total. The summed E-state index contributed by atoms with van der Waals surface area (Å²) < 4.78 is 14.1. The second-order valence-corrected chi connectivity index (χ2v) is 9.43. The number of hydrogen-bond donors (Lipinski definition) is 1. The maximum absolute atomic E-state index is 12.7. The summed E-state index contributed by atoms with van der Waals surface area (Å²) in [7, 11) is 0.235. The zero-order chi connectivity index (χ0) is 20.5. The molecule has 2 aromatic carbocycles. The van der Waals surface area contributed by atoms with E-state index in [2.05, 4.69) is 38.0 Å². The molecule has 1 unspecified atom stereocenters. The molecule has 0 aliphatic rings. The van der Waals surface area contributed by atoms with E-state index in [9.17, 15) is 9.00 Å². The van der Waals surface area contributed by atoms with Crippen LogP contribution in [0, 0.1) is 0 Å². The number of hydrogen-bond acceptors (Lipinski definition) is 2. The third kappa shape index (κ3) is 4.54. The molecule has 0 saturated carbocycles. The normalized spacial score (nSPS) is 14.5. The minimum atomic E-state index is -1.41. The summed E-state index contributed by atoms with van der Waals surface area (Å²) in [5.41, 5.74) is 2.04. The van der Waals surface area contributed by atoms with Crippen LogP contribution < -0.4 is 16.1 Å². The summed E-state index contributed by atoms with van der Waals surface area (Å²) in [6, 6.07) is 14.9. The van der Waals surface area contributed by atoms with Gasteiger partial charge in [0.15, 0.2) is 0 Å². The lowest BCUT2D eigenvalue weighted by atomic mass is 9.87. The molecule has 1 aromatic heterocycles. The van der Waals surface area contributed by atoms with Gasteiger partial charge in [0.1, 0.15) is 0 Å². The highest BCUT2D eigenvalue weighted by Gasteiger charge is 2.12. The Morgan fingerprint density at radius 2 is 1.64 bits per heavy atom. The molecule has 3 rings (SSSR count). The van der Waals surface area contributed by atoms with Crippen molar-refractivity contribution in [1.29, 1.82) is 0 Å². The van der Waals surface area contributed by atoms with Crippen LogP contribution in [0.15, 0.2) is 58.2 Å². The molecular weight excluding hydrogens is 392 g/mol. The molecule has 146 valence electrons. The highest BCUT2D eigenvalue weighted by molar-refractivity contribution is 7.92. The van der Waals surface area contributed by atoms with Crippen molar-refractivity contribution < 1.29 is 4.21 Å². The number of benzene rings is 2. The molecule has 0 bridgehead atoms. The maximum atomic E-state index is 12.7. The highest BCUT2D eigenvalue weighted by atomic mass is 35.5. The number of halogens is 1. The Kier molecular flexibility index (Phi) is 5.77. The topological polar surface area (TPSA) is 54.9 Å². The fourth-order valence-corrected chi connectivity index (χ4v) is 3.87. The van der Waals surface area contributed by atoms with Crippen LogP contribution in [0.2, 0.25) is 5.02 Å². The van der Waals surface area contributed by atoms with Gasteiger partial charge in [-0.15, -0.1) is 0 Å². The second-order valence-electron chi connectivity index (χ2n) is 7.69. The van der Waals surface area contributed by atoms with E-state index in [-0.39, 0.29) is 11.0 Å². The molecule has 3 aromatic rings. The Bertz CT molecular complexity index is 1180. The van der Waals surface area contributed by atoms with E-state index >= 15 is 0 Å². The van der Waals surface area contributed by atoms with Gasteiger partial charge >= 0.3 is 0 Å². The van der Waals surface area contributed by atoms with Gasteiger partial charge in [-0.3, -0.25) is 14.6 Å². The number of aryl methyl sites for hydroxylation is 1. The van der Waals surface area contributed by atoms with Crippen LogP contribution in [0.3, 0.4) is 0 Å². The number of aromatic nitrogens is 2. The summed E-state index contributed by atoms with van der Waals surface area (Å²) in [5, 5.41) is 6.13. The number of rotatable bonds is 3. The average Bonchev–Trinajstić information content (AvgIpc) is 2.89. The summed E-state index contributed by atoms with van der Waals surface area (Å²) in [6.45, 7) is 6.48. The molecule has 0 aliphatic carbocycles. The first-order valence-electron chi connectivity index (χ1n) is 8.90. The summed E-state index contributed by atoms with van der Waals surface area (Å²) in [6.07, 6.45) is 1.82. The van der Waals surface area contributed by atoms with E-state index in [0.717, 1.165) is 5.56 Å². The fraction of sp³-hybridized carbons (Fsp3) is 0.227. The van der Waals surface area contributed by atoms with Gasteiger partial charge in [0, 0.05) is 22.4 Å². The molecule has 0 saturated heterocycles. The minimum Gasteiger partial charge on any atom is -0.295 e. The SMILES string of the molecule is Cn1[nH]c(=C\S(=O)c2ccc(Cl)cc2)/c(=C\c2ccc(C(C)(C)C)cc2)c1=O. The quantitative estimate of drug-likeness (QED) is 0.716. The van der Waals surface area contributed by atoms with Crippen molar-refractivity contribution in [2.45, 2.75) is 31.1 Å². The molecule has 0 aliphatic heterocycles. The highest BCUT2D eigenvalue weighted by Crippen LogP contribution is 2.22. The van der Waals surface area contributed by atoms with Crippen LogP contribution in [0.4, 0.5) is 0 Å². The van der Waals surface area contributed by atoms with E-state index < -0.39 is 10.8 Å². The zero-order valence-corrected chi connectivity index (χ0v) is 17.9. The van der Waals surface area contributed by atoms with Crippen molar-refractivity contribution in [1.82, 2.24) is 9.78 Å². The standard InChI is InChI=1S/C22H23ClN2O2S/c1-22(2,3)16-7-5-15(6-8-16)13-19-20(24-25(4)21(19)26)14-28(27)18-11-9-17(23)10-12-18/h5-14,24H,1-4H3/b19-13+,20-14-. The molecule has 1 heterocycles. The van der Waals surface area contributed by atoms with Gasteiger partial charge in [0.05, 0.1) is 21.4 Å². The Hall–Kier alpha value is -2.37. The Morgan fingerprint density at radius 1 is 1.04 bits per heavy atom. The molecular formula is C22H23ClN2O2S. The van der Waals surface area contributed by atoms with Crippen LogP contribution in [0.1, 0.15) is 31.9 Å². The number of nitrogens with zero attached hydrogens (tertiary/aromatic N) is 1. The van der Waals surface area contributed by atoms with Crippen LogP contribution in [0.5, 0.6) is 0 Å². The van der Waals surface area contributed by atoms with Crippen molar-refractivity contribution in [2.24, 2.45) is 7.05 Å². The summed E-state index contributed by atoms with van der Waals surface area (Å²) >= 11 is 5.89. The molecule has 6 heteroatoms. The van der Waals surface area contributed by atoms with Crippen molar-refractivity contribution in [3.8, 4) is 0 Å². The third-order valence-electron chi connectivity index (χ3n) is 4.47. The first-order chi connectivity index (χ1) is 13.1. The Balaban J connectivity index is 2.07. The van der Waals surface area contributed by atoms with Gasteiger partial charge in [0.2, 0.25) is 0 Å². The Morgan fingerprint density at radius 3 is 2.21 bits per heavy atom. The molecule has 28 heavy (non-hydrogen) atoms. The smallest absolute Gasteiger partial charge is 0.274 e. The number of H-pyrrole nitrogens is 1. The predicted octanol–water partition coefficient (Wildman–Crippen LogP) is 3.04. The van der Waals surface area contributed by atoms with E-state index in [4.69, 9.17) is 11.6 Å². The molecule has 0 radical (unpaired) electrons. The van der Waals surface area contributed by atoms with Gasteiger partial charge in [-0.25, -0.2) is 4.21 Å². The van der Waals surface area contributed by atoms with E-state index in [1.54, 1.807) is 36.7 Å². The lowest BCUT2D eigenvalue weighted by Gasteiger charge is -2.18. The van der Waals surface area contributed by atoms with E-state index in [1.165, 1.54) is 10.2 Å². The third-order valence-corrected chi connectivity index (χ3v) is 5.91. The zero-order valence-electron chi connectivity index (χ0n) is 16.3. The maximum Gasteiger partial charge on any atom is 0.274 e. The van der Waals surface area contributed by atoms with Crippen molar-refractivity contribution >= 4 is 33.9 Å². The van der Waals surface area contributed by atoms with Gasteiger partial charge in [-0.2, -0.15) is 0 Å². The van der Waals surface area contributed by atoms with Gasteiger partial charge in [0.25, 0.3) is 5.56 Å². The van der Waals surface area contributed by atoms with E-state index in [0.29, 0.717) is 20.5 Å². The van der Waals surface area contributed by atoms with Gasteiger partial charge in [-0.1, -0.05) is 56.6 Å². The number of nitrogens with one attached hydrogen (secondary N) is 1. The van der Waals surface area contributed by atoms with Crippen molar-refractivity contribution in [3.63, 3.8) is 0 Å². The summed E-state index contributed by atoms with van der Waals surface area (Å²) in [4.78, 5) is 13.2. The van der Waals surface area contributed by atoms with E-state index in [1.807, 2.05) is 18.2 Å². The monoisotopic (exact) mass is 414 g/mol. The first kappa shape index (κ1) is 20.4. The van der Waals surface area contributed by atoms with Crippen molar-refractivity contribution in [2.75, 3.05) is 0 Å². The van der Waals surface area contributed by atoms with Crippen molar-refractivity contribution in [3.05, 3.63) is 85.6 Å². The largest absolute Gasteiger partial charge is 0.295 e. The molecule has 1 N–H and O–H groups in total. The molecule has 0 spiro atoms. The van der Waals surface area contributed by atoms with Crippen LogP contribution in [-0.4, -0.2) is 14.0 Å². The fourth-order valence-electron chi connectivity index (χ4n) is 2.81. The number of aromatic amines is 1. The first-order valence-corrected chi connectivity index (χ1v) is 10.5. The van der Waals surface area contributed by atoms with Crippen LogP contribution >= 0.6 is 11.6 Å². The lowest BCUT2D eigenvalue weighted by molar-refractivity contribution is 0.590. The minimum absolute atomic E-state index is 0.0666. The van der Waals surface area contributed by atoms with Crippen LogP contribution in [-0.2, 0) is 23.3 Å². The molecule has 1 atom stereocenters. The molecule has 0 fully saturated rings. The average molecular weight is 415 g/mol. The predicted molar refractivity (Wildman–Crippen MR) is 116 cm³/mol. The van der Waals surface area contributed by atoms with Gasteiger partial charge < -0.3 is 0 Å². The molecule has 0 amide bonds. The summed E-state index contributed by atoms with van der Waals surface area (Å²) in [5.74, 6) is 0. The lowest BCUT2D eigenvalue weighted by Crippen LogP contribution is -2.34. The Labute approximate surface area is 171 Å². The second kappa shape index (κ2) is 7.94. The van der Waals surface area contributed by atoms with Gasteiger partial charge in [-0.05, 0) is 46.9 Å².